The number of hydrogen-bond donors (Lipinski definition) is 2. The lowest BCUT2D eigenvalue weighted by atomic mass is 9.79. The fourth-order valence-corrected chi connectivity index (χ4v) is 3.55. The molecule has 0 aromatic heterocycles. The average Bonchev–Trinajstić information content (AvgIpc) is 2.35. The van der Waals surface area contributed by atoms with Gasteiger partial charge in [-0.1, -0.05) is 6.92 Å². The molecule has 1 fully saturated rings. The summed E-state index contributed by atoms with van der Waals surface area (Å²) in [7, 11) is -0.928. The summed E-state index contributed by atoms with van der Waals surface area (Å²) in [4.78, 5) is 2.13. The molecule has 19 heavy (non-hydrogen) atoms. The maximum absolute atomic E-state index is 11.2. The summed E-state index contributed by atoms with van der Waals surface area (Å²) in [5.74, 6) is 0.202. The predicted octanol–water partition coefficient (Wildman–Crippen LogP) is 0.246. The van der Waals surface area contributed by atoms with Gasteiger partial charge >= 0.3 is 0 Å². The molecule has 5 nitrogen and oxygen atoms in total. The molecular weight excluding hydrogens is 264 g/mol. The van der Waals surface area contributed by atoms with E-state index in [0.29, 0.717) is 12.6 Å². The zero-order valence-electron chi connectivity index (χ0n) is 12.4. The molecule has 0 radical (unpaired) electrons. The molecule has 0 aromatic rings. The molecule has 2 unspecified atom stereocenters. The Kier molecular flexibility index (Phi) is 6.23. The van der Waals surface area contributed by atoms with Crippen LogP contribution in [0.2, 0.25) is 0 Å². The van der Waals surface area contributed by atoms with Gasteiger partial charge in [0, 0.05) is 24.4 Å². The van der Waals surface area contributed by atoms with Crippen LogP contribution in [0.5, 0.6) is 0 Å². The first kappa shape index (κ1) is 16.9. The first-order valence-corrected chi connectivity index (χ1v) is 9.12. The summed E-state index contributed by atoms with van der Waals surface area (Å²) in [5.41, 5.74) is -0.184. The van der Waals surface area contributed by atoms with E-state index < -0.39 is 9.84 Å². The molecule has 0 saturated heterocycles. The molecule has 0 spiro atoms. The van der Waals surface area contributed by atoms with Crippen LogP contribution < -0.4 is 5.32 Å². The van der Waals surface area contributed by atoms with Crippen molar-refractivity contribution in [1.82, 2.24) is 10.2 Å². The van der Waals surface area contributed by atoms with Crippen LogP contribution in [0.1, 0.15) is 32.6 Å². The largest absolute Gasteiger partial charge is 0.394 e. The van der Waals surface area contributed by atoms with Crippen molar-refractivity contribution in [2.75, 3.05) is 38.8 Å². The van der Waals surface area contributed by atoms with Gasteiger partial charge in [0.05, 0.1) is 12.4 Å². The van der Waals surface area contributed by atoms with Crippen LogP contribution in [0.4, 0.5) is 0 Å². The first-order chi connectivity index (χ1) is 8.82. The van der Waals surface area contributed by atoms with Gasteiger partial charge in [-0.2, -0.15) is 0 Å². The van der Waals surface area contributed by atoms with E-state index in [-0.39, 0.29) is 17.9 Å². The molecule has 0 bridgehead atoms. The van der Waals surface area contributed by atoms with Crippen LogP contribution in [0, 0.1) is 0 Å². The second kappa shape index (κ2) is 7.02. The number of nitrogens with one attached hydrogen (secondary N) is 1. The Bertz CT molecular complexity index is 368. The number of aliphatic hydroxyl groups is 1. The molecule has 0 aliphatic heterocycles. The minimum atomic E-state index is -2.91. The zero-order valence-corrected chi connectivity index (χ0v) is 13.2. The second-order valence-electron chi connectivity index (χ2n) is 5.83. The maximum Gasteiger partial charge on any atom is 0.148 e. The van der Waals surface area contributed by atoms with E-state index in [1.54, 1.807) is 0 Å². The Morgan fingerprint density at radius 2 is 2.16 bits per heavy atom. The summed E-state index contributed by atoms with van der Waals surface area (Å²) in [5, 5.41) is 13.1. The van der Waals surface area contributed by atoms with Crippen LogP contribution in [0.3, 0.4) is 0 Å². The van der Waals surface area contributed by atoms with E-state index in [0.717, 1.165) is 32.2 Å². The highest BCUT2D eigenvalue weighted by Crippen LogP contribution is 2.30. The van der Waals surface area contributed by atoms with Crippen molar-refractivity contribution in [2.45, 2.75) is 44.2 Å². The third-order valence-corrected chi connectivity index (χ3v) is 5.04. The highest BCUT2D eigenvalue weighted by Gasteiger charge is 2.36. The van der Waals surface area contributed by atoms with E-state index in [1.807, 2.05) is 14.0 Å². The summed E-state index contributed by atoms with van der Waals surface area (Å²) >= 11 is 0. The van der Waals surface area contributed by atoms with Crippen LogP contribution in [0.25, 0.3) is 0 Å². The summed E-state index contributed by atoms with van der Waals surface area (Å²) < 4.78 is 22.5. The third-order valence-electron chi connectivity index (χ3n) is 4.11. The Labute approximate surface area is 117 Å². The highest BCUT2D eigenvalue weighted by molar-refractivity contribution is 7.90. The van der Waals surface area contributed by atoms with Crippen LogP contribution >= 0.6 is 0 Å². The molecule has 2 atom stereocenters. The number of likely N-dealkylation sites (N-methyl/N-ethyl adjacent to an activating group) is 1. The van der Waals surface area contributed by atoms with Gasteiger partial charge < -0.3 is 15.3 Å². The molecule has 1 rings (SSSR count). The van der Waals surface area contributed by atoms with E-state index in [2.05, 4.69) is 10.2 Å². The van der Waals surface area contributed by atoms with Crippen LogP contribution in [0.15, 0.2) is 0 Å². The van der Waals surface area contributed by atoms with Gasteiger partial charge in [0.1, 0.15) is 9.84 Å². The van der Waals surface area contributed by atoms with Crippen molar-refractivity contribution in [2.24, 2.45) is 0 Å². The Morgan fingerprint density at radius 3 is 2.68 bits per heavy atom. The minimum Gasteiger partial charge on any atom is -0.394 e. The molecule has 1 aliphatic carbocycles. The Morgan fingerprint density at radius 1 is 1.47 bits per heavy atom. The van der Waals surface area contributed by atoms with Gasteiger partial charge in [-0.05, 0) is 39.3 Å². The van der Waals surface area contributed by atoms with Gasteiger partial charge in [-0.15, -0.1) is 0 Å². The first-order valence-electron chi connectivity index (χ1n) is 7.06. The van der Waals surface area contributed by atoms with Crippen LogP contribution in [-0.4, -0.2) is 68.8 Å². The summed E-state index contributed by atoms with van der Waals surface area (Å²) in [6.07, 6.45) is 5.30. The topological polar surface area (TPSA) is 69.6 Å². The molecule has 114 valence electrons. The van der Waals surface area contributed by atoms with Crippen molar-refractivity contribution >= 4 is 9.84 Å². The van der Waals surface area contributed by atoms with E-state index in [4.69, 9.17) is 0 Å². The van der Waals surface area contributed by atoms with Crippen molar-refractivity contribution in [3.8, 4) is 0 Å². The normalized spacial score (nSPS) is 28.8. The molecule has 0 heterocycles. The molecule has 0 amide bonds. The predicted molar refractivity (Wildman–Crippen MR) is 78.1 cm³/mol. The minimum absolute atomic E-state index is 0.150. The fourth-order valence-electron chi connectivity index (χ4n) is 2.93. The summed E-state index contributed by atoms with van der Waals surface area (Å²) in [6.45, 7) is 3.61. The SMILES string of the molecule is CCNC1(CO)CCCC(N(C)CCS(C)(=O)=O)C1. The van der Waals surface area contributed by atoms with Crippen molar-refractivity contribution < 1.29 is 13.5 Å². The summed E-state index contributed by atoms with van der Waals surface area (Å²) in [6, 6.07) is 0.349. The average molecular weight is 292 g/mol. The van der Waals surface area contributed by atoms with E-state index >= 15 is 0 Å². The monoisotopic (exact) mass is 292 g/mol. The number of aliphatic hydroxyl groups excluding tert-OH is 1. The molecular formula is C13H28N2O3S. The lowest BCUT2D eigenvalue weighted by Gasteiger charge is -2.43. The molecule has 0 aromatic carbocycles. The van der Waals surface area contributed by atoms with Gasteiger partial charge in [-0.3, -0.25) is 0 Å². The second-order valence-corrected chi connectivity index (χ2v) is 8.09. The van der Waals surface area contributed by atoms with Gasteiger partial charge in [0.15, 0.2) is 0 Å². The van der Waals surface area contributed by atoms with Gasteiger partial charge in [0.25, 0.3) is 0 Å². The van der Waals surface area contributed by atoms with Gasteiger partial charge in [0.2, 0.25) is 0 Å². The maximum atomic E-state index is 11.2. The standard InChI is InChI=1S/C13H28N2O3S/c1-4-14-13(11-16)7-5-6-12(10-13)15(2)8-9-19(3,17)18/h12,14,16H,4-11H2,1-3H3. The Balaban J connectivity index is 2.58. The lowest BCUT2D eigenvalue weighted by Crippen LogP contribution is -2.55. The lowest BCUT2D eigenvalue weighted by molar-refractivity contribution is 0.0729. The molecule has 1 saturated carbocycles. The molecule has 2 N–H and O–H groups in total. The van der Waals surface area contributed by atoms with Crippen molar-refractivity contribution in [3.63, 3.8) is 0 Å². The van der Waals surface area contributed by atoms with Crippen molar-refractivity contribution in [1.29, 1.82) is 0 Å². The number of rotatable bonds is 7. The Hall–Kier alpha value is -0.170. The highest BCUT2D eigenvalue weighted by atomic mass is 32.2. The number of nitrogens with zero attached hydrogens (tertiary/aromatic N) is 1. The third kappa shape index (κ3) is 5.38. The smallest absolute Gasteiger partial charge is 0.148 e. The molecule has 6 heteroatoms. The number of hydrogen-bond acceptors (Lipinski definition) is 5. The van der Waals surface area contributed by atoms with Crippen molar-refractivity contribution in [3.05, 3.63) is 0 Å². The zero-order chi connectivity index (χ0) is 14.5. The quantitative estimate of drug-likeness (QED) is 0.704. The van der Waals surface area contributed by atoms with E-state index in [1.165, 1.54) is 6.26 Å². The molecule has 1 aliphatic rings. The fraction of sp³-hybridized carbons (Fsp3) is 1.00. The van der Waals surface area contributed by atoms with E-state index in [9.17, 15) is 13.5 Å². The van der Waals surface area contributed by atoms with Crippen LogP contribution in [-0.2, 0) is 9.84 Å². The van der Waals surface area contributed by atoms with Gasteiger partial charge in [-0.25, -0.2) is 8.42 Å². The number of sulfone groups is 1.